The molecule has 132 valence electrons. The summed E-state index contributed by atoms with van der Waals surface area (Å²) in [6.45, 7) is 2.97. The molecule has 25 heavy (non-hydrogen) atoms. The van der Waals surface area contributed by atoms with Gasteiger partial charge in [0.2, 0.25) is 5.95 Å². The number of aromatic nitrogens is 4. The highest BCUT2D eigenvalue weighted by molar-refractivity contribution is 7.93. The van der Waals surface area contributed by atoms with Gasteiger partial charge in [-0.05, 0) is 25.5 Å². The van der Waals surface area contributed by atoms with E-state index in [1.165, 1.54) is 0 Å². The maximum absolute atomic E-state index is 12.7. The predicted molar refractivity (Wildman–Crippen MR) is 91.1 cm³/mol. The van der Waals surface area contributed by atoms with Crippen LogP contribution in [0.25, 0.3) is 0 Å². The third-order valence-corrected chi connectivity index (χ3v) is 7.64. The summed E-state index contributed by atoms with van der Waals surface area (Å²) in [6, 6.07) is 3.82. The molecule has 1 atom stereocenters. The zero-order valence-corrected chi connectivity index (χ0v) is 14.7. The smallest absolute Gasteiger partial charge is 0.316 e. The molecule has 0 aromatic carbocycles. The lowest BCUT2D eigenvalue weighted by Crippen LogP contribution is -2.68. The highest BCUT2D eigenvalue weighted by Gasteiger charge is 2.62. The van der Waals surface area contributed by atoms with E-state index in [0.29, 0.717) is 38.1 Å². The number of aryl methyl sites for hydroxylation is 1. The van der Waals surface area contributed by atoms with Crippen molar-refractivity contribution in [1.29, 1.82) is 0 Å². The average molecular weight is 361 g/mol. The molecule has 4 heterocycles. The summed E-state index contributed by atoms with van der Waals surface area (Å²) in [6.07, 6.45) is 5.55. The van der Waals surface area contributed by atoms with Gasteiger partial charge in [0.1, 0.15) is 4.75 Å². The van der Waals surface area contributed by atoms with Crippen molar-refractivity contribution in [3.63, 3.8) is 0 Å². The van der Waals surface area contributed by atoms with E-state index in [1.807, 2.05) is 11.8 Å². The summed E-state index contributed by atoms with van der Waals surface area (Å²) in [5.41, 5.74) is 0.815. The fourth-order valence-electron chi connectivity index (χ4n) is 3.57. The number of rotatable bonds is 4. The van der Waals surface area contributed by atoms with Gasteiger partial charge in [-0.25, -0.2) is 28.4 Å². The second-order valence-corrected chi connectivity index (χ2v) is 9.02. The molecule has 2 aliphatic heterocycles. The summed E-state index contributed by atoms with van der Waals surface area (Å²) in [7, 11) is -3.17. The van der Waals surface area contributed by atoms with Crippen LogP contribution in [0.1, 0.15) is 12.1 Å². The molecule has 1 spiro atoms. The van der Waals surface area contributed by atoms with E-state index in [4.69, 9.17) is 4.74 Å². The molecule has 9 heteroatoms. The molecule has 2 aromatic heterocycles. The summed E-state index contributed by atoms with van der Waals surface area (Å²) in [5.74, 6) is 0.678. The Kier molecular flexibility index (Phi) is 3.82. The Morgan fingerprint density at radius 3 is 2.72 bits per heavy atom. The Labute approximate surface area is 146 Å². The molecule has 0 amide bonds. The van der Waals surface area contributed by atoms with Gasteiger partial charge < -0.3 is 9.64 Å². The minimum atomic E-state index is -3.17. The summed E-state index contributed by atoms with van der Waals surface area (Å²) >= 11 is 0. The number of anilines is 1. The van der Waals surface area contributed by atoms with Gasteiger partial charge in [0, 0.05) is 43.3 Å². The second-order valence-electron chi connectivity index (χ2n) is 6.57. The molecule has 8 nitrogen and oxygen atoms in total. The van der Waals surface area contributed by atoms with Crippen LogP contribution in [0.5, 0.6) is 6.01 Å². The summed E-state index contributed by atoms with van der Waals surface area (Å²) < 4.78 is 30.2. The molecule has 2 aliphatic rings. The molecule has 0 N–H and O–H groups in total. The van der Waals surface area contributed by atoms with E-state index >= 15 is 0 Å². The normalized spacial score (nSPS) is 23.4. The quantitative estimate of drug-likeness (QED) is 0.783. The average Bonchev–Trinajstić information content (AvgIpc) is 2.83. The lowest BCUT2D eigenvalue weighted by Gasteiger charge is -2.49. The van der Waals surface area contributed by atoms with Crippen LogP contribution in [-0.2, 0) is 9.84 Å². The number of sulfone groups is 1. The van der Waals surface area contributed by atoms with Crippen molar-refractivity contribution in [2.24, 2.45) is 5.92 Å². The van der Waals surface area contributed by atoms with Crippen LogP contribution in [0.2, 0.25) is 0 Å². The van der Waals surface area contributed by atoms with Gasteiger partial charge in [0.15, 0.2) is 9.84 Å². The lowest BCUT2D eigenvalue weighted by molar-refractivity contribution is 0.182. The van der Waals surface area contributed by atoms with Gasteiger partial charge in [0.05, 0.1) is 12.4 Å². The molecule has 0 saturated carbocycles. The fraction of sp³-hybridized carbons (Fsp3) is 0.500. The zero-order valence-electron chi connectivity index (χ0n) is 13.9. The Bertz CT molecular complexity index is 868. The molecule has 2 fully saturated rings. The first-order valence-corrected chi connectivity index (χ1v) is 9.82. The standard InChI is InChI=1S/C16H19N5O3S/c1-12-3-7-19-15(20-12)24-9-13-4-8-25(22,23)16(13)10-21(11-16)14-17-5-2-6-18-14/h2-3,5-7,13H,4,8-11H2,1H3. The Morgan fingerprint density at radius 1 is 1.24 bits per heavy atom. The zero-order chi connectivity index (χ0) is 17.5. The third kappa shape index (κ3) is 2.72. The van der Waals surface area contributed by atoms with Crippen molar-refractivity contribution in [2.75, 3.05) is 30.3 Å². The number of hydrogen-bond acceptors (Lipinski definition) is 8. The molecule has 0 bridgehead atoms. The molecule has 0 radical (unpaired) electrons. The molecular formula is C16H19N5O3S. The lowest BCUT2D eigenvalue weighted by atomic mass is 9.84. The van der Waals surface area contributed by atoms with E-state index in [0.717, 1.165) is 5.69 Å². The highest BCUT2D eigenvalue weighted by atomic mass is 32.2. The fourth-order valence-corrected chi connectivity index (χ4v) is 5.97. The minimum Gasteiger partial charge on any atom is -0.463 e. The monoisotopic (exact) mass is 361 g/mol. The first kappa shape index (κ1) is 16.2. The van der Waals surface area contributed by atoms with E-state index < -0.39 is 14.6 Å². The number of ether oxygens (including phenoxy) is 1. The molecule has 1 unspecified atom stereocenters. The van der Waals surface area contributed by atoms with Crippen molar-refractivity contribution >= 4 is 15.8 Å². The number of hydrogen-bond donors (Lipinski definition) is 0. The van der Waals surface area contributed by atoms with Gasteiger partial charge in [0.25, 0.3) is 0 Å². The predicted octanol–water partition coefficient (Wildman–Crippen LogP) is 0.648. The Hall–Kier alpha value is -2.29. The Morgan fingerprint density at radius 2 is 2.00 bits per heavy atom. The van der Waals surface area contributed by atoms with Crippen LogP contribution >= 0.6 is 0 Å². The molecular weight excluding hydrogens is 342 g/mol. The van der Waals surface area contributed by atoms with Crippen molar-refractivity contribution in [3.8, 4) is 6.01 Å². The maximum atomic E-state index is 12.7. The number of nitrogens with zero attached hydrogens (tertiary/aromatic N) is 5. The van der Waals surface area contributed by atoms with Gasteiger partial charge >= 0.3 is 6.01 Å². The van der Waals surface area contributed by atoms with E-state index in [1.54, 1.807) is 30.7 Å². The highest BCUT2D eigenvalue weighted by Crippen LogP contribution is 2.45. The molecule has 0 aliphatic carbocycles. The van der Waals surface area contributed by atoms with Crippen molar-refractivity contribution in [3.05, 3.63) is 36.4 Å². The second kappa shape index (κ2) is 5.91. The first-order chi connectivity index (χ1) is 12.0. The topological polar surface area (TPSA) is 98.2 Å². The maximum Gasteiger partial charge on any atom is 0.316 e. The van der Waals surface area contributed by atoms with E-state index in [-0.39, 0.29) is 11.7 Å². The van der Waals surface area contributed by atoms with Crippen molar-refractivity contribution in [2.45, 2.75) is 18.1 Å². The molecule has 4 rings (SSSR count). The molecule has 2 saturated heterocycles. The van der Waals surface area contributed by atoms with Crippen molar-refractivity contribution in [1.82, 2.24) is 19.9 Å². The van der Waals surface area contributed by atoms with Crippen LogP contribution in [0, 0.1) is 12.8 Å². The first-order valence-electron chi connectivity index (χ1n) is 8.17. The van der Waals surface area contributed by atoms with Gasteiger partial charge in [-0.15, -0.1) is 0 Å². The van der Waals surface area contributed by atoms with Crippen LogP contribution < -0.4 is 9.64 Å². The largest absolute Gasteiger partial charge is 0.463 e. The SMILES string of the molecule is Cc1ccnc(OCC2CCS(=O)(=O)C23CN(c2ncccn2)C3)n1. The van der Waals surface area contributed by atoms with Crippen LogP contribution in [0.3, 0.4) is 0 Å². The van der Waals surface area contributed by atoms with Gasteiger partial charge in [-0.1, -0.05) is 0 Å². The molecule has 2 aromatic rings. The van der Waals surface area contributed by atoms with Crippen LogP contribution in [-0.4, -0.2) is 58.5 Å². The van der Waals surface area contributed by atoms with Gasteiger partial charge in [-0.2, -0.15) is 0 Å². The van der Waals surface area contributed by atoms with E-state index in [9.17, 15) is 8.42 Å². The van der Waals surface area contributed by atoms with Gasteiger partial charge in [-0.3, -0.25) is 0 Å². The van der Waals surface area contributed by atoms with E-state index in [2.05, 4.69) is 19.9 Å². The van der Waals surface area contributed by atoms with Crippen LogP contribution in [0.4, 0.5) is 5.95 Å². The summed E-state index contributed by atoms with van der Waals surface area (Å²) in [4.78, 5) is 18.6. The Balaban J connectivity index is 1.49. The third-order valence-electron chi connectivity index (χ3n) is 5.04. The van der Waals surface area contributed by atoms with Crippen molar-refractivity contribution < 1.29 is 13.2 Å². The minimum absolute atomic E-state index is 0.0819. The van der Waals surface area contributed by atoms with Crippen LogP contribution in [0.15, 0.2) is 30.7 Å². The summed E-state index contributed by atoms with van der Waals surface area (Å²) in [5, 5.41) is 0.